The Bertz CT molecular complexity index is 858. The Kier molecular flexibility index (Phi) is 6.14. The van der Waals surface area contributed by atoms with Gasteiger partial charge in [0.15, 0.2) is 0 Å². The largest absolute Gasteiger partial charge is 0.496 e. The van der Waals surface area contributed by atoms with E-state index in [1.165, 1.54) is 5.56 Å². The second kappa shape index (κ2) is 7.80. The van der Waals surface area contributed by atoms with Gasteiger partial charge in [-0.2, -0.15) is 0 Å². The molecule has 26 heavy (non-hydrogen) atoms. The van der Waals surface area contributed by atoms with E-state index in [0.29, 0.717) is 22.6 Å². The SMILES string of the molecule is COc1cc(C)c(S(=O)(=O)N[C@H](C)CC(C)(C)c2ccccc2)cc1C. The summed E-state index contributed by atoms with van der Waals surface area (Å²) >= 11 is 0. The standard InChI is InChI=1S/C21H29NO3S/c1-15-13-20(16(2)12-19(15)25-6)26(23,24)22-17(3)14-21(4,5)18-10-8-7-9-11-18/h7-13,17,22H,14H2,1-6H3/t17-/m1/s1. The highest BCUT2D eigenvalue weighted by atomic mass is 32.2. The molecule has 0 aliphatic heterocycles. The average molecular weight is 376 g/mol. The van der Waals surface area contributed by atoms with Crippen LogP contribution in [-0.2, 0) is 15.4 Å². The molecule has 4 nitrogen and oxygen atoms in total. The summed E-state index contributed by atoms with van der Waals surface area (Å²) in [6.45, 7) is 9.81. The van der Waals surface area contributed by atoms with Gasteiger partial charge >= 0.3 is 0 Å². The highest BCUT2D eigenvalue weighted by Gasteiger charge is 2.27. The Hall–Kier alpha value is -1.85. The van der Waals surface area contributed by atoms with Crippen LogP contribution in [0.25, 0.3) is 0 Å². The first-order chi connectivity index (χ1) is 12.1. The Morgan fingerprint density at radius 2 is 1.69 bits per heavy atom. The summed E-state index contributed by atoms with van der Waals surface area (Å²) in [6, 6.07) is 13.4. The van der Waals surface area contributed by atoms with Gasteiger partial charge in [-0.3, -0.25) is 0 Å². The van der Waals surface area contributed by atoms with Crippen LogP contribution >= 0.6 is 0 Å². The number of ether oxygens (including phenoxy) is 1. The van der Waals surface area contributed by atoms with Crippen LogP contribution in [0.1, 0.15) is 43.9 Å². The van der Waals surface area contributed by atoms with Crippen molar-refractivity contribution in [3.63, 3.8) is 0 Å². The van der Waals surface area contributed by atoms with Gasteiger partial charge in [0, 0.05) is 6.04 Å². The third-order valence-corrected chi connectivity index (χ3v) is 6.44. The molecule has 1 N–H and O–H groups in total. The molecule has 0 spiro atoms. The Morgan fingerprint density at radius 3 is 2.27 bits per heavy atom. The summed E-state index contributed by atoms with van der Waals surface area (Å²) in [4.78, 5) is 0.306. The molecule has 0 fully saturated rings. The number of hydrogen-bond donors (Lipinski definition) is 1. The number of rotatable bonds is 7. The molecular weight excluding hydrogens is 346 g/mol. The lowest BCUT2D eigenvalue weighted by atomic mass is 9.79. The van der Waals surface area contributed by atoms with Crippen LogP contribution in [-0.4, -0.2) is 21.6 Å². The summed E-state index contributed by atoms with van der Waals surface area (Å²) in [5, 5.41) is 0. The van der Waals surface area contributed by atoms with Crippen LogP contribution in [0.3, 0.4) is 0 Å². The van der Waals surface area contributed by atoms with Crippen LogP contribution in [0, 0.1) is 13.8 Å². The number of hydrogen-bond acceptors (Lipinski definition) is 3. The van der Waals surface area contributed by atoms with Crippen LogP contribution < -0.4 is 9.46 Å². The summed E-state index contributed by atoms with van der Waals surface area (Å²) < 4.78 is 33.9. The monoisotopic (exact) mass is 375 g/mol. The maximum absolute atomic E-state index is 12.9. The molecular formula is C21H29NO3S. The first-order valence-corrected chi connectivity index (χ1v) is 10.3. The fraction of sp³-hybridized carbons (Fsp3) is 0.429. The molecule has 0 amide bonds. The topological polar surface area (TPSA) is 55.4 Å². The van der Waals surface area contributed by atoms with E-state index in [2.05, 4.69) is 30.7 Å². The molecule has 2 aromatic rings. The van der Waals surface area contributed by atoms with Gasteiger partial charge < -0.3 is 4.74 Å². The van der Waals surface area contributed by atoms with Crippen molar-refractivity contribution in [1.29, 1.82) is 0 Å². The minimum absolute atomic E-state index is 0.131. The first-order valence-electron chi connectivity index (χ1n) is 8.80. The molecule has 142 valence electrons. The summed E-state index contributed by atoms with van der Waals surface area (Å²) in [5.41, 5.74) is 2.54. The lowest BCUT2D eigenvalue weighted by Gasteiger charge is -2.29. The Morgan fingerprint density at radius 1 is 1.08 bits per heavy atom. The first kappa shape index (κ1) is 20.5. The second-order valence-electron chi connectivity index (χ2n) is 7.56. The highest BCUT2D eigenvalue weighted by Crippen LogP contribution is 2.29. The van der Waals surface area contributed by atoms with E-state index in [1.54, 1.807) is 26.2 Å². The predicted octanol–water partition coefficient (Wildman–Crippen LogP) is 4.35. The minimum Gasteiger partial charge on any atom is -0.496 e. The van der Waals surface area contributed by atoms with Gasteiger partial charge in [-0.05, 0) is 61.4 Å². The summed E-state index contributed by atoms with van der Waals surface area (Å²) in [6.07, 6.45) is 0.699. The number of benzene rings is 2. The number of aryl methyl sites for hydroxylation is 2. The zero-order valence-electron chi connectivity index (χ0n) is 16.5. The van der Waals surface area contributed by atoms with Gasteiger partial charge in [0.25, 0.3) is 0 Å². The van der Waals surface area contributed by atoms with Gasteiger partial charge in [0.1, 0.15) is 5.75 Å². The fourth-order valence-corrected chi connectivity index (χ4v) is 4.97. The van der Waals surface area contributed by atoms with Crippen LogP contribution in [0.15, 0.2) is 47.4 Å². The van der Waals surface area contributed by atoms with E-state index in [4.69, 9.17) is 4.74 Å². The molecule has 0 bridgehead atoms. The number of sulfonamides is 1. The van der Waals surface area contributed by atoms with Crippen molar-refractivity contribution in [3.8, 4) is 5.75 Å². The molecule has 0 saturated carbocycles. The molecule has 0 heterocycles. The number of nitrogens with one attached hydrogen (secondary N) is 1. The maximum Gasteiger partial charge on any atom is 0.241 e. The maximum atomic E-state index is 12.9. The molecule has 0 radical (unpaired) electrons. The van der Waals surface area contributed by atoms with Crippen LogP contribution in [0.4, 0.5) is 0 Å². The Balaban J connectivity index is 2.20. The van der Waals surface area contributed by atoms with E-state index in [1.807, 2.05) is 32.0 Å². The van der Waals surface area contributed by atoms with Gasteiger partial charge in [0.2, 0.25) is 10.0 Å². The van der Waals surface area contributed by atoms with Crippen molar-refractivity contribution in [3.05, 3.63) is 59.2 Å². The van der Waals surface area contributed by atoms with Crippen molar-refractivity contribution in [1.82, 2.24) is 4.72 Å². The smallest absolute Gasteiger partial charge is 0.241 e. The molecule has 0 saturated heterocycles. The molecule has 0 aliphatic carbocycles. The minimum atomic E-state index is -3.60. The third kappa shape index (κ3) is 4.65. The molecule has 0 aromatic heterocycles. The summed E-state index contributed by atoms with van der Waals surface area (Å²) in [7, 11) is -2.01. The molecule has 0 aliphatic rings. The zero-order valence-corrected chi connectivity index (χ0v) is 17.3. The quantitative estimate of drug-likeness (QED) is 0.783. The molecule has 2 rings (SSSR count). The van der Waals surface area contributed by atoms with E-state index >= 15 is 0 Å². The lowest BCUT2D eigenvalue weighted by molar-refractivity contribution is 0.410. The summed E-state index contributed by atoms with van der Waals surface area (Å²) in [5.74, 6) is 0.694. The van der Waals surface area contributed by atoms with Gasteiger partial charge in [-0.1, -0.05) is 44.2 Å². The van der Waals surface area contributed by atoms with Crippen molar-refractivity contribution in [2.45, 2.75) is 57.4 Å². The molecule has 1 atom stereocenters. The van der Waals surface area contributed by atoms with Gasteiger partial charge in [-0.15, -0.1) is 0 Å². The van der Waals surface area contributed by atoms with Crippen LogP contribution in [0.5, 0.6) is 5.75 Å². The highest BCUT2D eigenvalue weighted by molar-refractivity contribution is 7.89. The van der Waals surface area contributed by atoms with Gasteiger partial charge in [0.05, 0.1) is 12.0 Å². The fourth-order valence-electron chi connectivity index (χ4n) is 3.42. The van der Waals surface area contributed by atoms with E-state index in [-0.39, 0.29) is 11.5 Å². The van der Waals surface area contributed by atoms with Crippen molar-refractivity contribution in [2.75, 3.05) is 7.11 Å². The lowest BCUT2D eigenvalue weighted by Crippen LogP contribution is -2.37. The molecule has 5 heteroatoms. The number of methoxy groups -OCH3 is 1. The second-order valence-corrected chi connectivity index (χ2v) is 9.25. The molecule has 2 aromatic carbocycles. The van der Waals surface area contributed by atoms with Crippen molar-refractivity contribution >= 4 is 10.0 Å². The molecule has 0 unspecified atom stereocenters. The zero-order chi connectivity index (χ0) is 19.5. The van der Waals surface area contributed by atoms with Crippen LogP contribution in [0.2, 0.25) is 0 Å². The van der Waals surface area contributed by atoms with Gasteiger partial charge in [-0.25, -0.2) is 13.1 Å². The average Bonchev–Trinajstić information content (AvgIpc) is 2.56. The third-order valence-electron chi connectivity index (χ3n) is 4.71. The van der Waals surface area contributed by atoms with Crippen molar-refractivity contribution in [2.24, 2.45) is 0 Å². The normalized spacial score (nSPS) is 13.5. The predicted molar refractivity (Wildman–Crippen MR) is 106 cm³/mol. The van der Waals surface area contributed by atoms with E-state index in [0.717, 1.165) is 5.56 Å². The van der Waals surface area contributed by atoms with Crippen molar-refractivity contribution < 1.29 is 13.2 Å². The van der Waals surface area contributed by atoms with E-state index in [9.17, 15) is 8.42 Å². The van der Waals surface area contributed by atoms with E-state index < -0.39 is 10.0 Å². The Labute approximate surface area is 157 Å².